The molecule has 0 amide bonds. The molecule has 0 aliphatic heterocycles. The van der Waals surface area contributed by atoms with Crippen LogP contribution in [0.15, 0.2) is 35.8 Å². The Hall–Kier alpha value is -2.28. The summed E-state index contributed by atoms with van der Waals surface area (Å²) in [6.45, 7) is 15.4. The Morgan fingerprint density at radius 1 is 0.912 bits per heavy atom. The van der Waals surface area contributed by atoms with Crippen LogP contribution in [0.3, 0.4) is 0 Å². The van der Waals surface area contributed by atoms with Crippen molar-refractivity contribution in [3.8, 4) is 17.0 Å². The number of ether oxygens (including phenoxy) is 3. The van der Waals surface area contributed by atoms with Crippen LogP contribution in [-0.4, -0.2) is 55.3 Å². The first-order valence-electron chi connectivity index (χ1n) is 11.7. The zero-order valence-corrected chi connectivity index (χ0v) is 23.6. The molecular formula is C24H38N4O4Si2. The van der Waals surface area contributed by atoms with Gasteiger partial charge < -0.3 is 18.8 Å². The number of hydrogen-bond donors (Lipinski definition) is 0. The number of nitrogens with zero attached hydrogens (tertiary/aromatic N) is 4. The van der Waals surface area contributed by atoms with E-state index < -0.39 is 16.1 Å². The van der Waals surface area contributed by atoms with Crippen molar-refractivity contribution in [2.45, 2.75) is 58.1 Å². The van der Waals surface area contributed by atoms with Gasteiger partial charge in [0.15, 0.2) is 6.79 Å². The summed E-state index contributed by atoms with van der Waals surface area (Å²) >= 11 is 0. The summed E-state index contributed by atoms with van der Waals surface area (Å²) < 4.78 is 20.8. The summed E-state index contributed by atoms with van der Waals surface area (Å²) in [4.78, 5) is 22.3. The van der Waals surface area contributed by atoms with Gasteiger partial charge >= 0.3 is 0 Å². The minimum atomic E-state index is -1.20. The average Bonchev–Trinajstić information content (AvgIpc) is 3.17. The molecule has 0 unspecified atom stereocenters. The molecule has 0 saturated heterocycles. The number of aryl methyl sites for hydroxylation is 1. The van der Waals surface area contributed by atoms with Gasteiger partial charge in [-0.2, -0.15) is 0 Å². The summed E-state index contributed by atoms with van der Waals surface area (Å²) in [5, 5.41) is 0.469. The molecule has 186 valence electrons. The average molecular weight is 503 g/mol. The van der Waals surface area contributed by atoms with Gasteiger partial charge in [-0.15, -0.1) is 0 Å². The standard InChI is InChI=1S/C24H38N4O4Si2/c1-27-14-21(25-15-27)19-12-20-23(22(13-19)32-18-31-9-11-34(5,6)7)26-16-28(24(20)29)17-30-8-10-33(2,3)4/h12-16H,8-11,17-18H2,1-7H3. The maximum absolute atomic E-state index is 13.3. The highest BCUT2D eigenvalue weighted by Crippen LogP contribution is 2.29. The van der Waals surface area contributed by atoms with Crippen molar-refractivity contribution in [3.63, 3.8) is 0 Å². The molecule has 0 bridgehead atoms. The van der Waals surface area contributed by atoms with Gasteiger partial charge in [0.05, 0.1) is 17.4 Å². The van der Waals surface area contributed by atoms with Gasteiger partial charge in [0.25, 0.3) is 5.56 Å². The summed E-state index contributed by atoms with van der Waals surface area (Å²) in [6, 6.07) is 5.80. The Bertz CT molecular complexity index is 1160. The molecule has 0 aliphatic rings. The van der Waals surface area contributed by atoms with Crippen molar-refractivity contribution in [3.05, 3.63) is 41.3 Å². The van der Waals surface area contributed by atoms with E-state index in [2.05, 4.69) is 49.3 Å². The monoisotopic (exact) mass is 502 g/mol. The van der Waals surface area contributed by atoms with Crippen molar-refractivity contribution in [2.24, 2.45) is 7.05 Å². The smallest absolute Gasteiger partial charge is 0.263 e. The molecule has 2 aromatic heterocycles. The van der Waals surface area contributed by atoms with Gasteiger partial charge in [-0.25, -0.2) is 9.97 Å². The number of rotatable bonds is 12. The van der Waals surface area contributed by atoms with E-state index in [4.69, 9.17) is 14.2 Å². The lowest BCUT2D eigenvalue weighted by Gasteiger charge is -2.17. The number of hydrogen-bond acceptors (Lipinski definition) is 6. The largest absolute Gasteiger partial charge is 0.465 e. The van der Waals surface area contributed by atoms with Crippen LogP contribution in [0, 0.1) is 0 Å². The maximum atomic E-state index is 13.3. The minimum absolute atomic E-state index is 0.107. The van der Waals surface area contributed by atoms with E-state index in [1.165, 1.54) is 10.9 Å². The fourth-order valence-corrected chi connectivity index (χ4v) is 4.75. The van der Waals surface area contributed by atoms with Gasteiger partial charge in [0, 0.05) is 48.2 Å². The SMILES string of the molecule is Cn1cnc(-c2cc(OCOCC[Si](C)(C)C)c3ncn(COCC[Si](C)(C)C)c(=O)c3c2)c1. The molecule has 0 fully saturated rings. The minimum Gasteiger partial charge on any atom is -0.465 e. The number of benzene rings is 1. The second kappa shape index (κ2) is 11.0. The Labute approximate surface area is 203 Å². The summed E-state index contributed by atoms with van der Waals surface area (Å²) in [5.41, 5.74) is 1.90. The third-order valence-corrected chi connectivity index (χ3v) is 8.82. The zero-order valence-electron chi connectivity index (χ0n) is 21.6. The number of aromatic nitrogens is 4. The van der Waals surface area contributed by atoms with E-state index in [1.807, 2.05) is 29.9 Å². The molecule has 0 aliphatic carbocycles. The highest BCUT2D eigenvalue weighted by molar-refractivity contribution is 6.76. The summed E-state index contributed by atoms with van der Waals surface area (Å²) in [6.07, 6.45) is 5.16. The molecule has 0 radical (unpaired) electrons. The molecule has 8 nitrogen and oxygen atoms in total. The van der Waals surface area contributed by atoms with Crippen LogP contribution in [0.4, 0.5) is 0 Å². The van der Waals surface area contributed by atoms with Crippen molar-refractivity contribution in [1.29, 1.82) is 0 Å². The molecule has 0 spiro atoms. The molecule has 0 N–H and O–H groups in total. The van der Waals surface area contributed by atoms with Gasteiger partial charge in [0.1, 0.15) is 24.3 Å². The predicted octanol–water partition coefficient (Wildman–Crippen LogP) is 4.80. The van der Waals surface area contributed by atoms with Crippen LogP contribution in [0.1, 0.15) is 0 Å². The first-order valence-corrected chi connectivity index (χ1v) is 19.1. The highest BCUT2D eigenvalue weighted by atomic mass is 28.3. The van der Waals surface area contributed by atoms with E-state index in [0.29, 0.717) is 29.9 Å². The number of fused-ring (bicyclic) bond motifs is 1. The topological polar surface area (TPSA) is 80.4 Å². The Balaban J connectivity index is 1.85. The first-order chi connectivity index (χ1) is 15.9. The molecule has 34 heavy (non-hydrogen) atoms. The van der Waals surface area contributed by atoms with Crippen LogP contribution in [0.5, 0.6) is 5.75 Å². The molecular weight excluding hydrogens is 464 g/mol. The Morgan fingerprint density at radius 2 is 1.59 bits per heavy atom. The lowest BCUT2D eigenvalue weighted by atomic mass is 10.1. The van der Waals surface area contributed by atoms with Crippen LogP contribution >= 0.6 is 0 Å². The quantitative estimate of drug-likeness (QED) is 0.201. The molecule has 1 aromatic carbocycles. The van der Waals surface area contributed by atoms with Crippen molar-refractivity contribution in [1.82, 2.24) is 19.1 Å². The maximum Gasteiger partial charge on any atom is 0.263 e. The van der Waals surface area contributed by atoms with E-state index in [-0.39, 0.29) is 19.1 Å². The molecule has 0 atom stereocenters. The number of imidazole rings is 1. The Morgan fingerprint density at radius 3 is 2.21 bits per heavy atom. The summed E-state index contributed by atoms with van der Waals surface area (Å²) in [5.74, 6) is 0.509. The lowest BCUT2D eigenvalue weighted by Crippen LogP contribution is -2.25. The van der Waals surface area contributed by atoms with Gasteiger partial charge in [-0.1, -0.05) is 39.3 Å². The molecule has 3 aromatic rings. The van der Waals surface area contributed by atoms with Crippen LogP contribution < -0.4 is 10.3 Å². The molecule has 2 heterocycles. The van der Waals surface area contributed by atoms with E-state index in [0.717, 1.165) is 23.3 Å². The van der Waals surface area contributed by atoms with Crippen molar-refractivity contribution in [2.75, 3.05) is 20.0 Å². The lowest BCUT2D eigenvalue weighted by molar-refractivity contribution is 0.0228. The highest BCUT2D eigenvalue weighted by Gasteiger charge is 2.16. The van der Waals surface area contributed by atoms with Crippen LogP contribution in [0.25, 0.3) is 22.2 Å². The van der Waals surface area contributed by atoms with Gasteiger partial charge in [-0.3, -0.25) is 9.36 Å². The summed E-state index contributed by atoms with van der Waals surface area (Å²) in [7, 11) is -0.462. The third-order valence-electron chi connectivity index (χ3n) is 5.41. The van der Waals surface area contributed by atoms with E-state index >= 15 is 0 Å². The van der Waals surface area contributed by atoms with E-state index in [9.17, 15) is 4.79 Å². The van der Waals surface area contributed by atoms with Crippen LogP contribution in [-0.2, 0) is 23.3 Å². The van der Waals surface area contributed by atoms with E-state index in [1.54, 1.807) is 6.33 Å². The third kappa shape index (κ3) is 7.62. The van der Waals surface area contributed by atoms with Gasteiger partial charge in [-0.05, 0) is 24.2 Å². The normalized spacial score (nSPS) is 12.4. The van der Waals surface area contributed by atoms with Crippen molar-refractivity contribution >= 4 is 27.1 Å². The fourth-order valence-electron chi connectivity index (χ4n) is 3.23. The van der Waals surface area contributed by atoms with Crippen molar-refractivity contribution < 1.29 is 14.2 Å². The second-order valence-corrected chi connectivity index (χ2v) is 22.4. The second-order valence-electron chi connectivity index (χ2n) is 11.1. The molecule has 3 rings (SSSR count). The molecule has 10 heteroatoms. The van der Waals surface area contributed by atoms with Gasteiger partial charge in [0.2, 0.25) is 0 Å². The van der Waals surface area contributed by atoms with Crippen LogP contribution in [0.2, 0.25) is 51.4 Å². The molecule has 0 saturated carbocycles. The first kappa shape index (κ1) is 26.3. The predicted molar refractivity (Wildman–Crippen MR) is 142 cm³/mol. The zero-order chi connectivity index (χ0) is 24.9. The fraction of sp³-hybridized carbons (Fsp3) is 0.542. The Kier molecular flexibility index (Phi) is 8.50.